The van der Waals surface area contributed by atoms with Gasteiger partial charge >= 0.3 is 0 Å². The second-order valence-electron chi connectivity index (χ2n) is 9.29. The van der Waals surface area contributed by atoms with Crippen LogP contribution >= 0.6 is 0 Å². The maximum absolute atomic E-state index is 14.2. The Kier molecular flexibility index (Phi) is 7.54. The van der Waals surface area contributed by atoms with E-state index in [4.69, 9.17) is 0 Å². The molecule has 1 N–H and O–H groups in total. The summed E-state index contributed by atoms with van der Waals surface area (Å²) in [4.78, 5) is 29.8. The van der Waals surface area contributed by atoms with Crippen LogP contribution in [0.2, 0.25) is 0 Å². The summed E-state index contributed by atoms with van der Waals surface area (Å²) >= 11 is 0. The van der Waals surface area contributed by atoms with Crippen molar-refractivity contribution in [2.45, 2.75) is 26.4 Å². The Labute approximate surface area is 226 Å². The highest BCUT2D eigenvalue weighted by Gasteiger charge is 2.32. The van der Waals surface area contributed by atoms with Crippen LogP contribution in [0.25, 0.3) is 5.69 Å². The number of aryl methyl sites for hydroxylation is 2. The first-order valence-electron chi connectivity index (χ1n) is 12.6. The van der Waals surface area contributed by atoms with Crippen LogP contribution in [0.15, 0.2) is 109 Å². The van der Waals surface area contributed by atoms with Gasteiger partial charge < -0.3 is 10.2 Å². The number of tetrazole rings is 1. The lowest BCUT2D eigenvalue weighted by molar-refractivity contribution is -0.121. The van der Waals surface area contributed by atoms with Crippen LogP contribution < -0.4 is 5.32 Å². The molecule has 5 aromatic rings. The first kappa shape index (κ1) is 25.5. The second-order valence-corrected chi connectivity index (χ2v) is 9.29. The monoisotopic (exact) mass is 516 g/mol. The van der Waals surface area contributed by atoms with Crippen molar-refractivity contribution in [1.82, 2.24) is 25.1 Å². The van der Waals surface area contributed by atoms with Gasteiger partial charge in [0, 0.05) is 17.8 Å². The Morgan fingerprint density at radius 3 is 2.08 bits per heavy atom. The van der Waals surface area contributed by atoms with E-state index in [1.165, 1.54) is 11.0 Å². The summed E-state index contributed by atoms with van der Waals surface area (Å²) in [6.45, 7) is 4.16. The van der Waals surface area contributed by atoms with Gasteiger partial charge in [-0.05, 0) is 70.8 Å². The zero-order valence-electron chi connectivity index (χ0n) is 21.7. The zero-order chi connectivity index (χ0) is 27.2. The Morgan fingerprint density at radius 2 is 1.46 bits per heavy atom. The van der Waals surface area contributed by atoms with Crippen molar-refractivity contribution in [2.75, 3.05) is 5.32 Å². The van der Waals surface area contributed by atoms with Gasteiger partial charge in [0.05, 0.1) is 5.69 Å². The molecule has 2 amide bonds. The molecular formula is C31H28N6O2. The molecule has 1 heterocycles. The van der Waals surface area contributed by atoms with Crippen molar-refractivity contribution in [2.24, 2.45) is 0 Å². The van der Waals surface area contributed by atoms with E-state index in [1.807, 2.05) is 92.7 Å². The number of carbonyl (C=O) groups excluding carboxylic acids is 2. The van der Waals surface area contributed by atoms with Gasteiger partial charge in [0.1, 0.15) is 12.4 Å². The Balaban J connectivity index is 1.56. The summed E-state index contributed by atoms with van der Waals surface area (Å²) in [5, 5.41) is 14.4. The Hall–Kier alpha value is -5.11. The van der Waals surface area contributed by atoms with Crippen LogP contribution in [0.1, 0.15) is 38.7 Å². The van der Waals surface area contributed by atoms with E-state index in [2.05, 4.69) is 20.8 Å². The van der Waals surface area contributed by atoms with Crippen molar-refractivity contribution in [1.29, 1.82) is 0 Å². The van der Waals surface area contributed by atoms with Crippen LogP contribution in [-0.4, -0.2) is 36.9 Å². The summed E-state index contributed by atoms with van der Waals surface area (Å²) < 4.78 is 1.51. The Bertz CT molecular complexity index is 1530. The highest BCUT2D eigenvalue weighted by Crippen LogP contribution is 2.29. The number of rotatable bonds is 8. The van der Waals surface area contributed by atoms with Gasteiger partial charge in [-0.1, -0.05) is 78.9 Å². The van der Waals surface area contributed by atoms with E-state index in [0.717, 1.165) is 33.6 Å². The molecule has 0 aliphatic rings. The molecule has 0 unspecified atom stereocenters. The number of para-hydroxylation sites is 1. The quantitative estimate of drug-likeness (QED) is 0.302. The van der Waals surface area contributed by atoms with E-state index in [-0.39, 0.29) is 18.4 Å². The van der Waals surface area contributed by atoms with E-state index < -0.39 is 6.04 Å². The minimum Gasteiger partial charge on any atom is -0.323 e. The third-order valence-corrected chi connectivity index (χ3v) is 6.59. The number of nitrogens with zero attached hydrogens (tertiary/aromatic N) is 5. The normalized spacial score (nSPS) is 11.5. The van der Waals surface area contributed by atoms with Crippen molar-refractivity contribution < 1.29 is 9.59 Å². The van der Waals surface area contributed by atoms with Gasteiger partial charge in [0.2, 0.25) is 0 Å². The molecule has 0 aliphatic carbocycles. The van der Waals surface area contributed by atoms with Gasteiger partial charge in [-0.25, -0.2) is 4.68 Å². The van der Waals surface area contributed by atoms with Crippen LogP contribution in [0.4, 0.5) is 5.69 Å². The molecule has 194 valence electrons. The second kappa shape index (κ2) is 11.5. The van der Waals surface area contributed by atoms with E-state index in [1.54, 1.807) is 29.2 Å². The predicted molar refractivity (Wildman–Crippen MR) is 149 cm³/mol. The fourth-order valence-corrected chi connectivity index (χ4v) is 4.57. The van der Waals surface area contributed by atoms with Gasteiger partial charge in [-0.3, -0.25) is 9.59 Å². The van der Waals surface area contributed by atoms with Crippen LogP contribution in [0, 0.1) is 13.8 Å². The lowest BCUT2D eigenvalue weighted by Gasteiger charge is -2.32. The average molecular weight is 517 g/mol. The minimum absolute atomic E-state index is 0.244. The zero-order valence-corrected chi connectivity index (χ0v) is 21.7. The lowest BCUT2D eigenvalue weighted by Crippen LogP contribution is -2.41. The standard InChI is InChI=1S/C31H28N6O2/c1-22-10-9-11-23(2)28(22)33-30(38)29(25-14-7-4-8-15-25)36(20-24-12-5-3-6-13-24)31(39)26-16-18-27(19-17-26)37-21-32-34-35-37/h3-19,21,29H,20H2,1-2H3,(H,33,38)/t29-/m0/s1. The predicted octanol–water partition coefficient (Wildman–Crippen LogP) is 5.30. The van der Waals surface area contributed by atoms with Crippen LogP contribution in [0.3, 0.4) is 0 Å². The van der Waals surface area contributed by atoms with E-state index >= 15 is 0 Å². The van der Waals surface area contributed by atoms with Gasteiger partial charge in [0.15, 0.2) is 0 Å². The molecule has 0 saturated heterocycles. The van der Waals surface area contributed by atoms with Gasteiger partial charge in [0.25, 0.3) is 11.8 Å². The molecule has 8 nitrogen and oxygen atoms in total. The minimum atomic E-state index is -0.878. The number of amides is 2. The molecule has 0 fully saturated rings. The summed E-state index contributed by atoms with van der Waals surface area (Å²) in [6.07, 6.45) is 1.49. The highest BCUT2D eigenvalue weighted by molar-refractivity contribution is 6.02. The molecule has 8 heteroatoms. The third kappa shape index (κ3) is 5.75. The third-order valence-electron chi connectivity index (χ3n) is 6.59. The average Bonchev–Trinajstić information content (AvgIpc) is 3.51. The lowest BCUT2D eigenvalue weighted by atomic mass is 10.0. The van der Waals surface area contributed by atoms with Crippen molar-refractivity contribution >= 4 is 17.5 Å². The molecule has 0 aliphatic heterocycles. The number of benzene rings is 4. The summed E-state index contributed by atoms with van der Waals surface area (Å²) in [5.41, 5.74) is 5.46. The molecular weight excluding hydrogens is 488 g/mol. The highest BCUT2D eigenvalue weighted by atomic mass is 16.2. The van der Waals surface area contributed by atoms with Crippen LogP contribution in [-0.2, 0) is 11.3 Å². The smallest absolute Gasteiger partial charge is 0.255 e. The number of nitrogens with one attached hydrogen (secondary N) is 1. The van der Waals surface area contributed by atoms with Gasteiger partial charge in [-0.2, -0.15) is 0 Å². The van der Waals surface area contributed by atoms with Crippen molar-refractivity contribution in [3.63, 3.8) is 0 Å². The first-order valence-corrected chi connectivity index (χ1v) is 12.6. The number of aromatic nitrogens is 4. The van der Waals surface area contributed by atoms with E-state index in [0.29, 0.717) is 5.56 Å². The number of hydrogen-bond acceptors (Lipinski definition) is 5. The molecule has 0 radical (unpaired) electrons. The first-order chi connectivity index (χ1) is 19.0. The summed E-state index contributed by atoms with van der Waals surface area (Å²) in [5.74, 6) is -0.555. The molecule has 1 aromatic heterocycles. The number of anilines is 1. The van der Waals surface area contributed by atoms with E-state index in [9.17, 15) is 9.59 Å². The molecule has 4 aromatic carbocycles. The summed E-state index contributed by atoms with van der Waals surface area (Å²) in [7, 11) is 0. The number of hydrogen-bond donors (Lipinski definition) is 1. The fraction of sp³-hybridized carbons (Fsp3) is 0.129. The Morgan fingerprint density at radius 1 is 0.821 bits per heavy atom. The maximum atomic E-state index is 14.2. The van der Waals surface area contributed by atoms with Crippen molar-refractivity contribution in [3.8, 4) is 5.69 Å². The maximum Gasteiger partial charge on any atom is 0.255 e. The molecule has 1 atom stereocenters. The molecule has 0 spiro atoms. The largest absolute Gasteiger partial charge is 0.323 e. The summed E-state index contributed by atoms with van der Waals surface area (Å²) in [6, 6.07) is 31.1. The molecule has 5 rings (SSSR count). The molecule has 39 heavy (non-hydrogen) atoms. The SMILES string of the molecule is Cc1cccc(C)c1NC(=O)[C@H](c1ccccc1)N(Cc1ccccc1)C(=O)c1ccc(-n2cnnn2)cc1. The van der Waals surface area contributed by atoms with Gasteiger partial charge in [-0.15, -0.1) is 5.10 Å². The molecule has 0 saturated carbocycles. The number of carbonyl (C=O) groups is 2. The fourth-order valence-electron chi connectivity index (χ4n) is 4.57. The molecule has 0 bridgehead atoms. The van der Waals surface area contributed by atoms with Crippen molar-refractivity contribution in [3.05, 3.63) is 137 Å². The topological polar surface area (TPSA) is 93.0 Å². The van der Waals surface area contributed by atoms with Crippen LogP contribution in [0.5, 0.6) is 0 Å².